The van der Waals surface area contributed by atoms with Crippen molar-refractivity contribution in [3.8, 4) is 16.9 Å². The van der Waals surface area contributed by atoms with E-state index in [4.69, 9.17) is 9.47 Å². The first-order chi connectivity index (χ1) is 18.1. The minimum absolute atomic E-state index is 0.298. The van der Waals surface area contributed by atoms with Crippen LogP contribution in [0.15, 0.2) is 54.6 Å². The number of ether oxygens (including phenoxy) is 2. The predicted octanol–water partition coefficient (Wildman–Crippen LogP) is 7.54. The van der Waals surface area contributed by atoms with Crippen molar-refractivity contribution in [2.75, 3.05) is 0 Å². The molecule has 202 valence electrons. The normalized spacial score (nSPS) is 26.9. The first-order valence-electron chi connectivity index (χ1n) is 14.1. The van der Waals surface area contributed by atoms with Crippen LogP contribution in [0.5, 0.6) is 5.75 Å². The fourth-order valence-electron chi connectivity index (χ4n) is 7.52. The summed E-state index contributed by atoms with van der Waals surface area (Å²) in [5, 5.41) is 10.2. The van der Waals surface area contributed by atoms with Crippen molar-refractivity contribution < 1.29 is 24.2 Å². The quantitative estimate of drug-likeness (QED) is 0.275. The molecule has 38 heavy (non-hydrogen) atoms. The third kappa shape index (κ3) is 6.31. The molecule has 0 saturated heterocycles. The van der Waals surface area contributed by atoms with Gasteiger partial charge < -0.3 is 14.6 Å². The van der Waals surface area contributed by atoms with E-state index in [1.807, 2.05) is 69.3 Å². The van der Waals surface area contributed by atoms with E-state index in [1.165, 1.54) is 44.6 Å². The van der Waals surface area contributed by atoms with Gasteiger partial charge in [-0.15, -0.1) is 0 Å². The van der Waals surface area contributed by atoms with Gasteiger partial charge in [0.05, 0.1) is 0 Å². The number of rotatable bonds is 9. The first-order valence-corrected chi connectivity index (χ1v) is 14.1. The van der Waals surface area contributed by atoms with Crippen LogP contribution in [-0.2, 0) is 14.3 Å². The van der Waals surface area contributed by atoms with E-state index in [1.54, 1.807) is 6.08 Å². The van der Waals surface area contributed by atoms with Crippen molar-refractivity contribution in [1.82, 2.24) is 0 Å². The van der Waals surface area contributed by atoms with E-state index < -0.39 is 23.6 Å². The van der Waals surface area contributed by atoms with Gasteiger partial charge in [-0.2, -0.15) is 0 Å². The van der Waals surface area contributed by atoms with Gasteiger partial charge in [-0.25, -0.2) is 9.59 Å². The third-order valence-electron chi connectivity index (χ3n) is 8.56. The summed E-state index contributed by atoms with van der Waals surface area (Å²) in [6, 6.07) is 15.5. The number of hydrogen-bond acceptors (Lipinski definition) is 4. The van der Waals surface area contributed by atoms with Crippen molar-refractivity contribution in [3.05, 3.63) is 60.2 Å². The van der Waals surface area contributed by atoms with Crippen molar-refractivity contribution in [3.63, 3.8) is 0 Å². The number of benzene rings is 2. The van der Waals surface area contributed by atoms with Gasteiger partial charge >= 0.3 is 11.9 Å². The Morgan fingerprint density at radius 1 is 1.00 bits per heavy atom. The van der Waals surface area contributed by atoms with E-state index in [9.17, 15) is 14.7 Å². The summed E-state index contributed by atoms with van der Waals surface area (Å²) >= 11 is 0. The van der Waals surface area contributed by atoms with Crippen LogP contribution in [0.3, 0.4) is 0 Å². The van der Waals surface area contributed by atoms with Gasteiger partial charge in [0.25, 0.3) is 0 Å². The van der Waals surface area contributed by atoms with E-state index in [0.717, 1.165) is 40.9 Å². The molecular formula is C33H40O5. The largest absolute Gasteiger partial charge is 0.479 e. The highest BCUT2D eigenvalue weighted by atomic mass is 16.6. The monoisotopic (exact) mass is 516 g/mol. The molecule has 2 aromatic rings. The van der Waals surface area contributed by atoms with Crippen LogP contribution in [0, 0.1) is 23.2 Å². The Hall–Kier alpha value is -3.08. The van der Waals surface area contributed by atoms with Crippen LogP contribution in [-0.4, -0.2) is 28.8 Å². The molecule has 5 heteroatoms. The Morgan fingerprint density at radius 3 is 2.21 bits per heavy atom. The summed E-state index contributed by atoms with van der Waals surface area (Å²) in [5.74, 6) is 1.67. The minimum Gasteiger partial charge on any atom is -0.479 e. The standard InChI is InChI=1S/C33H40O5/c1-32(2,3)38-30(34)12-10-22-9-11-27(26-7-5-4-6-8-26)29(18-22)37-28(31(35)36)13-14-33-19-23-15-24(20-33)17-25(16-23)21-33/h4-12,18,23-25,28H,13-17,19-21H2,1-3H3,(H,35,36)/b12-10+. The fourth-order valence-corrected chi connectivity index (χ4v) is 7.52. The highest BCUT2D eigenvalue weighted by Crippen LogP contribution is 2.61. The molecule has 2 aromatic carbocycles. The summed E-state index contributed by atoms with van der Waals surface area (Å²) in [6.45, 7) is 5.48. The maximum absolute atomic E-state index is 12.4. The van der Waals surface area contributed by atoms with Crippen LogP contribution in [0.2, 0.25) is 0 Å². The molecule has 4 aliphatic rings. The molecule has 0 aromatic heterocycles. The van der Waals surface area contributed by atoms with E-state index in [0.29, 0.717) is 17.6 Å². The number of hydrogen-bond donors (Lipinski definition) is 1. The zero-order valence-corrected chi connectivity index (χ0v) is 22.8. The summed E-state index contributed by atoms with van der Waals surface area (Å²) in [4.78, 5) is 24.6. The van der Waals surface area contributed by atoms with Gasteiger partial charge in [-0.1, -0.05) is 42.5 Å². The predicted molar refractivity (Wildman–Crippen MR) is 149 cm³/mol. The molecule has 0 spiro atoms. The van der Waals surface area contributed by atoms with Crippen LogP contribution in [0.4, 0.5) is 0 Å². The molecule has 0 aliphatic heterocycles. The minimum atomic E-state index is -0.927. The second-order valence-corrected chi connectivity index (χ2v) is 12.9. The molecule has 0 heterocycles. The smallest absolute Gasteiger partial charge is 0.344 e. The Bertz CT molecular complexity index is 1150. The lowest BCUT2D eigenvalue weighted by Crippen LogP contribution is -2.46. The fraction of sp³-hybridized carbons (Fsp3) is 0.515. The molecule has 0 amide bonds. The second kappa shape index (κ2) is 10.6. The molecule has 5 nitrogen and oxygen atoms in total. The molecule has 1 unspecified atom stereocenters. The number of esters is 1. The Morgan fingerprint density at radius 2 is 1.63 bits per heavy atom. The summed E-state index contributed by atoms with van der Waals surface area (Å²) in [7, 11) is 0. The molecule has 1 atom stereocenters. The number of carbonyl (C=O) groups is 2. The van der Waals surface area contributed by atoms with Crippen molar-refractivity contribution >= 4 is 18.0 Å². The zero-order chi connectivity index (χ0) is 26.9. The van der Waals surface area contributed by atoms with Gasteiger partial charge in [0, 0.05) is 11.6 Å². The highest BCUT2D eigenvalue weighted by Gasteiger charge is 2.50. The zero-order valence-electron chi connectivity index (χ0n) is 22.8. The van der Waals surface area contributed by atoms with Gasteiger partial charge in [0.2, 0.25) is 0 Å². The average molecular weight is 517 g/mol. The lowest BCUT2D eigenvalue weighted by molar-refractivity contribution is -0.148. The highest BCUT2D eigenvalue weighted by molar-refractivity contribution is 5.87. The summed E-state index contributed by atoms with van der Waals surface area (Å²) < 4.78 is 11.7. The first kappa shape index (κ1) is 26.5. The molecule has 0 radical (unpaired) electrons. The van der Waals surface area contributed by atoms with E-state index in [-0.39, 0.29) is 0 Å². The summed E-state index contributed by atoms with van der Waals surface area (Å²) in [6.07, 6.45) is 11.5. The van der Waals surface area contributed by atoms with Crippen molar-refractivity contribution in [2.45, 2.75) is 83.8 Å². The SMILES string of the molecule is CC(C)(C)OC(=O)/C=C/c1ccc(-c2ccccc2)c(OC(CCC23CC4CC(CC(C4)C2)C3)C(=O)O)c1. The number of carboxylic acid groups (broad SMARTS) is 1. The average Bonchev–Trinajstić information content (AvgIpc) is 2.84. The maximum Gasteiger partial charge on any atom is 0.344 e. The Labute approximate surface area is 226 Å². The number of carboxylic acids is 1. The molecule has 4 fully saturated rings. The van der Waals surface area contributed by atoms with Crippen molar-refractivity contribution in [1.29, 1.82) is 0 Å². The van der Waals surface area contributed by atoms with E-state index >= 15 is 0 Å². The number of aliphatic carboxylic acids is 1. The Balaban J connectivity index is 1.36. The van der Waals surface area contributed by atoms with Gasteiger partial charge in [-0.05, 0) is 119 Å². The summed E-state index contributed by atoms with van der Waals surface area (Å²) in [5.41, 5.74) is 2.26. The van der Waals surface area contributed by atoms with Crippen LogP contribution < -0.4 is 4.74 Å². The lowest BCUT2D eigenvalue weighted by Gasteiger charge is -2.57. The molecule has 1 N–H and O–H groups in total. The lowest BCUT2D eigenvalue weighted by atomic mass is 9.48. The van der Waals surface area contributed by atoms with Crippen LogP contribution in [0.25, 0.3) is 17.2 Å². The Kier molecular flexibility index (Phi) is 7.39. The van der Waals surface area contributed by atoms with Gasteiger partial charge in [0.1, 0.15) is 11.4 Å². The van der Waals surface area contributed by atoms with Gasteiger partial charge in [-0.3, -0.25) is 0 Å². The molecule has 6 rings (SSSR count). The topological polar surface area (TPSA) is 72.8 Å². The maximum atomic E-state index is 12.4. The molecule has 4 bridgehead atoms. The van der Waals surface area contributed by atoms with Crippen LogP contribution >= 0.6 is 0 Å². The van der Waals surface area contributed by atoms with Crippen LogP contribution in [0.1, 0.15) is 77.7 Å². The number of carbonyl (C=O) groups excluding carboxylic acids is 1. The second-order valence-electron chi connectivity index (χ2n) is 12.9. The molecule has 4 aliphatic carbocycles. The van der Waals surface area contributed by atoms with Gasteiger partial charge in [0.15, 0.2) is 6.10 Å². The molecular weight excluding hydrogens is 476 g/mol. The van der Waals surface area contributed by atoms with Crippen molar-refractivity contribution in [2.24, 2.45) is 23.2 Å². The molecule has 4 saturated carbocycles. The third-order valence-corrected chi connectivity index (χ3v) is 8.56. The van der Waals surface area contributed by atoms with E-state index in [2.05, 4.69) is 0 Å².